The number of carbonyl (C=O) groups excluding carboxylic acids is 1. The molecule has 0 bridgehead atoms. The summed E-state index contributed by atoms with van der Waals surface area (Å²) in [4.78, 5) is 21.5. The molecule has 0 saturated heterocycles. The van der Waals surface area contributed by atoms with Gasteiger partial charge in [-0.25, -0.2) is 4.79 Å². The molecule has 0 saturated carbocycles. The van der Waals surface area contributed by atoms with Crippen molar-refractivity contribution < 1.29 is 14.3 Å². The number of nitrogens with zero attached hydrogens (tertiary/aromatic N) is 2. The number of ether oxygens (including phenoxy) is 2. The summed E-state index contributed by atoms with van der Waals surface area (Å²) >= 11 is 0. The highest BCUT2D eigenvalue weighted by Gasteiger charge is 2.16. The van der Waals surface area contributed by atoms with Crippen molar-refractivity contribution in [3.05, 3.63) is 72.2 Å². The third-order valence-corrected chi connectivity index (χ3v) is 6.73. The van der Waals surface area contributed by atoms with Crippen LogP contribution in [0.15, 0.2) is 61.1 Å². The smallest absolute Gasteiger partial charge is 0.343 e. The minimum atomic E-state index is -0.392. The van der Waals surface area contributed by atoms with E-state index in [-0.39, 0.29) is 0 Å². The third-order valence-electron chi connectivity index (χ3n) is 6.73. The average Bonchev–Trinajstić information content (AvgIpc) is 2.94. The van der Waals surface area contributed by atoms with E-state index in [4.69, 9.17) is 9.47 Å². The zero-order chi connectivity index (χ0) is 26.3. The molecule has 3 rings (SSSR count). The molecule has 37 heavy (non-hydrogen) atoms. The molecule has 1 heterocycles. The van der Waals surface area contributed by atoms with Gasteiger partial charge < -0.3 is 9.47 Å². The Morgan fingerprint density at radius 1 is 0.892 bits per heavy atom. The molecule has 0 aliphatic heterocycles. The Kier molecular flexibility index (Phi) is 12.1. The van der Waals surface area contributed by atoms with Crippen molar-refractivity contribution in [2.45, 2.75) is 85.0 Å². The lowest BCUT2D eigenvalue weighted by atomic mass is 10.0. The zero-order valence-corrected chi connectivity index (χ0v) is 22.7. The van der Waals surface area contributed by atoms with E-state index in [2.05, 4.69) is 30.7 Å². The second kappa shape index (κ2) is 15.8. The molecule has 0 N–H and O–H groups in total. The first-order chi connectivity index (χ1) is 18.1. The van der Waals surface area contributed by atoms with Crippen molar-refractivity contribution >= 4 is 5.97 Å². The van der Waals surface area contributed by atoms with Gasteiger partial charge in [0.15, 0.2) is 0 Å². The van der Waals surface area contributed by atoms with E-state index in [1.54, 1.807) is 24.7 Å². The Balaban J connectivity index is 1.59. The number of esters is 1. The van der Waals surface area contributed by atoms with Crippen LogP contribution in [-0.2, 0) is 6.42 Å². The minimum Gasteiger partial charge on any atom is -0.493 e. The van der Waals surface area contributed by atoms with Gasteiger partial charge in [-0.3, -0.25) is 9.97 Å². The number of rotatable bonds is 16. The van der Waals surface area contributed by atoms with Crippen LogP contribution >= 0.6 is 0 Å². The van der Waals surface area contributed by atoms with Crippen LogP contribution in [0.4, 0.5) is 0 Å². The average molecular weight is 503 g/mol. The second-order valence-electron chi connectivity index (χ2n) is 9.88. The molecule has 198 valence electrons. The highest BCUT2D eigenvalue weighted by Crippen LogP contribution is 2.33. The summed E-state index contributed by atoms with van der Waals surface area (Å²) in [5.74, 6) is 1.21. The van der Waals surface area contributed by atoms with Gasteiger partial charge in [-0.15, -0.1) is 0 Å². The quantitative estimate of drug-likeness (QED) is 0.112. The van der Waals surface area contributed by atoms with Crippen molar-refractivity contribution in [3.63, 3.8) is 0 Å². The Hall–Kier alpha value is -3.21. The summed E-state index contributed by atoms with van der Waals surface area (Å²) in [5, 5.41) is 0. The maximum Gasteiger partial charge on any atom is 0.343 e. The molecule has 5 heteroatoms. The Morgan fingerprint density at radius 3 is 2.30 bits per heavy atom. The number of aromatic nitrogens is 2. The zero-order valence-electron chi connectivity index (χ0n) is 22.7. The fourth-order valence-corrected chi connectivity index (χ4v) is 4.11. The molecule has 3 aromatic rings. The summed E-state index contributed by atoms with van der Waals surface area (Å²) in [6.07, 6.45) is 17.5. The summed E-state index contributed by atoms with van der Waals surface area (Å²) < 4.78 is 11.8. The monoisotopic (exact) mass is 502 g/mol. The van der Waals surface area contributed by atoms with Gasteiger partial charge in [0.2, 0.25) is 0 Å². The van der Waals surface area contributed by atoms with E-state index in [0.717, 1.165) is 12.8 Å². The lowest BCUT2D eigenvalue weighted by Gasteiger charge is -2.14. The van der Waals surface area contributed by atoms with Gasteiger partial charge in [-0.05, 0) is 54.7 Å². The summed E-state index contributed by atoms with van der Waals surface area (Å²) in [5.41, 5.74) is 3.09. The van der Waals surface area contributed by atoms with Crippen LogP contribution in [0.25, 0.3) is 11.3 Å². The van der Waals surface area contributed by atoms with Crippen LogP contribution in [0.5, 0.6) is 11.5 Å². The molecule has 0 aliphatic carbocycles. The number of hydrogen-bond acceptors (Lipinski definition) is 5. The maximum atomic E-state index is 13.0. The van der Waals surface area contributed by atoms with Gasteiger partial charge in [0.05, 0.1) is 24.1 Å². The Bertz CT molecular complexity index is 1070. The molecule has 0 fully saturated rings. The first kappa shape index (κ1) is 28.4. The van der Waals surface area contributed by atoms with Gasteiger partial charge in [0, 0.05) is 18.0 Å². The maximum absolute atomic E-state index is 13.0. The SMILES string of the molecule is CCCCCCCCCCc1ccc(C(=O)Oc2ccc(OCC(C)CC)cc2-c2cnccn2)cc1. The number of unbranched alkanes of at least 4 members (excludes halogenated alkanes) is 7. The van der Waals surface area contributed by atoms with E-state index in [0.29, 0.717) is 40.8 Å². The van der Waals surface area contributed by atoms with E-state index in [9.17, 15) is 4.79 Å². The topological polar surface area (TPSA) is 61.3 Å². The summed E-state index contributed by atoms with van der Waals surface area (Å²) in [6.45, 7) is 7.18. The number of carbonyl (C=O) groups is 1. The van der Waals surface area contributed by atoms with Crippen LogP contribution < -0.4 is 9.47 Å². The second-order valence-corrected chi connectivity index (χ2v) is 9.88. The standard InChI is InChI=1S/C32H42N2O3/c1-4-6-7-8-9-10-11-12-13-26-14-16-27(17-15-26)32(35)37-31-19-18-28(36-24-25(3)5-2)22-29(31)30-23-33-20-21-34-30/h14-23,25H,4-13,24H2,1-3H3. The van der Waals surface area contributed by atoms with Gasteiger partial charge in [0.25, 0.3) is 0 Å². The largest absolute Gasteiger partial charge is 0.493 e. The van der Waals surface area contributed by atoms with E-state index in [1.807, 2.05) is 36.4 Å². The molecule has 0 aliphatic rings. The molecule has 2 aromatic carbocycles. The van der Waals surface area contributed by atoms with Crippen LogP contribution in [0.2, 0.25) is 0 Å². The van der Waals surface area contributed by atoms with Gasteiger partial charge in [-0.2, -0.15) is 0 Å². The molecule has 1 unspecified atom stereocenters. The number of hydrogen-bond donors (Lipinski definition) is 0. The van der Waals surface area contributed by atoms with E-state index < -0.39 is 5.97 Å². The molecular weight excluding hydrogens is 460 g/mol. The van der Waals surface area contributed by atoms with Gasteiger partial charge in [0.1, 0.15) is 11.5 Å². The third kappa shape index (κ3) is 9.64. The molecule has 0 amide bonds. The summed E-state index contributed by atoms with van der Waals surface area (Å²) in [6, 6.07) is 13.2. The fraction of sp³-hybridized carbons (Fsp3) is 0.469. The molecule has 5 nitrogen and oxygen atoms in total. The van der Waals surface area contributed by atoms with Crippen molar-refractivity contribution in [2.75, 3.05) is 6.61 Å². The molecule has 1 atom stereocenters. The predicted molar refractivity (Wildman–Crippen MR) is 150 cm³/mol. The van der Waals surface area contributed by atoms with Crippen molar-refractivity contribution in [1.82, 2.24) is 9.97 Å². The van der Waals surface area contributed by atoms with Crippen LogP contribution in [0.1, 0.15) is 94.5 Å². The van der Waals surface area contributed by atoms with Gasteiger partial charge >= 0.3 is 5.97 Å². The van der Waals surface area contributed by atoms with Crippen molar-refractivity contribution in [1.29, 1.82) is 0 Å². The normalized spacial score (nSPS) is 11.8. The molecule has 0 radical (unpaired) electrons. The Morgan fingerprint density at radius 2 is 1.62 bits per heavy atom. The highest BCUT2D eigenvalue weighted by atomic mass is 16.5. The number of benzene rings is 2. The lowest BCUT2D eigenvalue weighted by molar-refractivity contribution is 0.0735. The first-order valence-corrected chi connectivity index (χ1v) is 13.9. The van der Waals surface area contributed by atoms with E-state index >= 15 is 0 Å². The van der Waals surface area contributed by atoms with Crippen LogP contribution in [0, 0.1) is 5.92 Å². The minimum absolute atomic E-state index is 0.392. The van der Waals surface area contributed by atoms with E-state index in [1.165, 1.54) is 56.9 Å². The lowest BCUT2D eigenvalue weighted by Crippen LogP contribution is -2.10. The van der Waals surface area contributed by atoms with Crippen LogP contribution in [0.3, 0.4) is 0 Å². The molecular formula is C32H42N2O3. The summed E-state index contributed by atoms with van der Waals surface area (Å²) in [7, 11) is 0. The van der Waals surface area contributed by atoms with Crippen LogP contribution in [-0.4, -0.2) is 22.5 Å². The highest BCUT2D eigenvalue weighted by molar-refractivity contribution is 5.92. The molecule has 1 aromatic heterocycles. The number of aryl methyl sites for hydroxylation is 1. The van der Waals surface area contributed by atoms with Crippen molar-refractivity contribution in [3.8, 4) is 22.8 Å². The van der Waals surface area contributed by atoms with Crippen molar-refractivity contribution in [2.24, 2.45) is 5.92 Å². The predicted octanol–water partition coefficient (Wildman–Crippen LogP) is 8.47. The molecule has 0 spiro atoms. The fourth-order valence-electron chi connectivity index (χ4n) is 4.11. The first-order valence-electron chi connectivity index (χ1n) is 13.9. The van der Waals surface area contributed by atoms with Gasteiger partial charge in [-0.1, -0.05) is 84.3 Å². The Labute approximate surface area is 222 Å².